The van der Waals surface area contributed by atoms with E-state index < -0.39 is 30.3 Å². The van der Waals surface area contributed by atoms with Gasteiger partial charge in [-0.15, -0.1) is 0 Å². The minimum atomic E-state index is -1.38. The Balaban J connectivity index is 2.50. The normalized spacial score (nSPS) is 21.4. The van der Waals surface area contributed by atoms with Crippen molar-refractivity contribution in [3.63, 3.8) is 0 Å². The molecule has 1 heterocycles. The summed E-state index contributed by atoms with van der Waals surface area (Å²) in [6.45, 7) is 0.722. The van der Waals surface area contributed by atoms with Gasteiger partial charge in [-0.1, -0.05) is 0 Å². The first kappa shape index (κ1) is 12.4. The lowest BCUT2D eigenvalue weighted by molar-refractivity contribution is -0.147. The van der Waals surface area contributed by atoms with Crippen LogP contribution in [0.1, 0.15) is 12.8 Å². The third kappa shape index (κ3) is 3.50. The Kier molecular flexibility index (Phi) is 4.24. The molecule has 0 aromatic rings. The molecular formula is C9H13NO6. The molecule has 1 amide bonds. The number of carbonyl (C=O) groups excluding carboxylic acids is 1. The van der Waals surface area contributed by atoms with Crippen molar-refractivity contribution < 1.29 is 29.3 Å². The van der Waals surface area contributed by atoms with Crippen LogP contribution in [0.4, 0.5) is 0 Å². The summed E-state index contributed by atoms with van der Waals surface area (Å²) in [6.07, 6.45) is -0.0973. The van der Waals surface area contributed by atoms with Crippen LogP contribution in [-0.2, 0) is 19.1 Å². The second-order valence-corrected chi connectivity index (χ2v) is 3.56. The van der Waals surface area contributed by atoms with Crippen LogP contribution in [0, 0.1) is 5.92 Å². The molecular weight excluding hydrogens is 218 g/mol. The van der Waals surface area contributed by atoms with Gasteiger partial charge in [0.1, 0.15) is 6.04 Å². The largest absolute Gasteiger partial charge is 0.481 e. The van der Waals surface area contributed by atoms with Crippen LogP contribution < -0.4 is 5.32 Å². The van der Waals surface area contributed by atoms with Gasteiger partial charge in [-0.05, 0) is 6.42 Å². The molecule has 2 atom stereocenters. The molecule has 16 heavy (non-hydrogen) atoms. The van der Waals surface area contributed by atoms with Gasteiger partial charge >= 0.3 is 11.9 Å². The predicted molar refractivity (Wildman–Crippen MR) is 50.7 cm³/mol. The predicted octanol–water partition coefficient (Wildman–Crippen LogP) is -0.933. The molecule has 7 nitrogen and oxygen atoms in total. The Morgan fingerprint density at radius 2 is 2.06 bits per heavy atom. The standard InChI is InChI=1S/C9H13NO6/c11-7(12)3-6(9(14)15)10-8(13)5-1-2-16-4-5/h5-6H,1-4H2,(H,10,13)(H,11,12)(H,14,15)/t5?,6-/m1/s1. The Bertz CT molecular complexity index is 296. The zero-order valence-corrected chi connectivity index (χ0v) is 8.51. The molecule has 1 aliphatic rings. The molecule has 1 saturated heterocycles. The number of aliphatic carboxylic acids is 2. The second-order valence-electron chi connectivity index (χ2n) is 3.56. The zero-order valence-electron chi connectivity index (χ0n) is 8.51. The summed E-state index contributed by atoms with van der Waals surface area (Å²) in [5, 5.41) is 19.4. The maximum Gasteiger partial charge on any atom is 0.326 e. The molecule has 0 spiro atoms. The maximum atomic E-state index is 11.5. The number of ether oxygens (including phenoxy) is 1. The summed E-state index contributed by atoms with van der Waals surface area (Å²) < 4.78 is 4.98. The number of carboxylic acid groups (broad SMARTS) is 2. The lowest BCUT2D eigenvalue weighted by atomic mass is 10.1. The van der Waals surface area contributed by atoms with Gasteiger partial charge in [-0.3, -0.25) is 9.59 Å². The fourth-order valence-electron chi connectivity index (χ4n) is 1.41. The first-order chi connectivity index (χ1) is 7.50. The molecule has 90 valence electrons. The highest BCUT2D eigenvalue weighted by atomic mass is 16.5. The van der Waals surface area contributed by atoms with E-state index >= 15 is 0 Å². The summed E-state index contributed by atoms with van der Waals surface area (Å²) in [5.41, 5.74) is 0. The minimum absolute atomic E-state index is 0.255. The summed E-state index contributed by atoms with van der Waals surface area (Å²) in [6, 6.07) is -1.38. The van der Waals surface area contributed by atoms with Gasteiger partial charge in [0.25, 0.3) is 0 Å². The molecule has 0 bridgehead atoms. The molecule has 1 rings (SSSR count). The van der Waals surface area contributed by atoms with Crippen LogP contribution in [0.15, 0.2) is 0 Å². The van der Waals surface area contributed by atoms with Crippen LogP contribution in [0.5, 0.6) is 0 Å². The SMILES string of the molecule is O=C(O)C[C@@H](NC(=O)C1CCOC1)C(=O)O. The highest BCUT2D eigenvalue weighted by molar-refractivity contribution is 5.87. The van der Waals surface area contributed by atoms with Crippen molar-refractivity contribution >= 4 is 17.8 Å². The van der Waals surface area contributed by atoms with Crippen LogP contribution in [0.2, 0.25) is 0 Å². The van der Waals surface area contributed by atoms with Gasteiger partial charge in [0, 0.05) is 6.61 Å². The van der Waals surface area contributed by atoms with Gasteiger partial charge in [0.15, 0.2) is 0 Å². The first-order valence-corrected chi connectivity index (χ1v) is 4.83. The quantitative estimate of drug-likeness (QED) is 0.563. The van der Waals surface area contributed by atoms with Crippen molar-refractivity contribution in [1.29, 1.82) is 0 Å². The minimum Gasteiger partial charge on any atom is -0.481 e. The van der Waals surface area contributed by atoms with Crippen LogP contribution >= 0.6 is 0 Å². The zero-order chi connectivity index (χ0) is 12.1. The van der Waals surface area contributed by atoms with Crippen molar-refractivity contribution in [2.75, 3.05) is 13.2 Å². The Morgan fingerprint density at radius 1 is 1.38 bits per heavy atom. The van der Waals surface area contributed by atoms with Gasteiger partial charge in [-0.2, -0.15) is 0 Å². The third-order valence-corrected chi connectivity index (χ3v) is 2.29. The van der Waals surface area contributed by atoms with E-state index in [4.69, 9.17) is 14.9 Å². The van der Waals surface area contributed by atoms with Gasteiger partial charge in [-0.25, -0.2) is 4.79 Å². The Hall–Kier alpha value is -1.63. The Labute approximate surface area is 91.4 Å². The summed E-state index contributed by atoms with van der Waals surface area (Å²) >= 11 is 0. The molecule has 7 heteroatoms. The van der Waals surface area contributed by atoms with Crippen LogP contribution in [0.25, 0.3) is 0 Å². The van der Waals surface area contributed by atoms with Crippen molar-refractivity contribution in [1.82, 2.24) is 5.32 Å². The van der Waals surface area contributed by atoms with Crippen LogP contribution in [0.3, 0.4) is 0 Å². The summed E-state index contributed by atoms with van der Waals surface area (Å²) in [5.74, 6) is -3.47. The smallest absolute Gasteiger partial charge is 0.326 e. The monoisotopic (exact) mass is 231 g/mol. The fourth-order valence-corrected chi connectivity index (χ4v) is 1.41. The average molecular weight is 231 g/mol. The van der Waals surface area contributed by atoms with Gasteiger partial charge in [0.2, 0.25) is 5.91 Å². The van der Waals surface area contributed by atoms with E-state index in [-0.39, 0.29) is 12.5 Å². The van der Waals surface area contributed by atoms with E-state index in [1.54, 1.807) is 0 Å². The molecule has 3 N–H and O–H groups in total. The number of carboxylic acids is 2. The summed E-state index contributed by atoms with van der Waals surface area (Å²) in [4.78, 5) is 32.5. The van der Waals surface area contributed by atoms with Crippen molar-refractivity contribution in [3.05, 3.63) is 0 Å². The lowest BCUT2D eigenvalue weighted by Crippen LogP contribution is -2.44. The molecule has 1 unspecified atom stereocenters. The third-order valence-electron chi connectivity index (χ3n) is 2.29. The number of hydrogen-bond donors (Lipinski definition) is 3. The average Bonchev–Trinajstić information content (AvgIpc) is 2.68. The fraction of sp³-hybridized carbons (Fsp3) is 0.667. The second kappa shape index (κ2) is 5.45. The molecule has 0 saturated carbocycles. The highest BCUT2D eigenvalue weighted by Gasteiger charge is 2.29. The van der Waals surface area contributed by atoms with Crippen molar-refractivity contribution in [3.8, 4) is 0 Å². The Morgan fingerprint density at radius 3 is 2.50 bits per heavy atom. The van der Waals surface area contributed by atoms with E-state index in [1.165, 1.54) is 0 Å². The molecule has 0 radical (unpaired) electrons. The van der Waals surface area contributed by atoms with E-state index in [0.717, 1.165) is 0 Å². The van der Waals surface area contributed by atoms with Gasteiger partial charge in [0.05, 0.1) is 18.9 Å². The van der Waals surface area contributed by atoms with Gasteiger partial charge < -0.3 is 20.3 Å². The van der Waals surface area contributed by atoms with E-state index in [0.29, 0.717) is 13.0 Å². The van der Waals surface area contributed by atoms with E-state index in [1.807, 2.05) is 0 Å². The van der Waals surface area contributed by atoms with Crippen molar-refractivity contribution in [2.24, 2.45) is 5.92 Å². The summed E-state index contributed by atoms with van der Waals surface area (Å²) in [7, 11) is 0. The van der Waals surface area contributed by atoms with Crippen LogP contribution in [-0.4, -0.2) is 47.3 Å². The van der Waals surface area contributed by atoms with Crippen molar-refractivity contribution in [2.45, 2.75) is 18.9 Å². The number of nitrogens with one attached hydrogen (secondary N) is 1. The number of hydrogen-bond acceptors (Lipinski definition) is 4. The van der Waals surface area contributed by atoms with E-state index in [9.17, 15) is 14.4 Å². The highest BCUT2D eigenvalue weighted by Crippen LogP contribution is 2.12. The maximum absolute atomic E-state index is 11.5. The molecule has 0 aliphatic carbocycles. The molecule has 0 aromatic carbocycles. The molecule has 0 aromatic heterocycles. The number of rotatable bonds is 5. The topological polar surface area (TPSA) is 113 Å². The molecule has 1 aliphatic heterocycles. The first-order valence-electron chi connectivity index (χ1n) is 4.83. The van der Waals surface area contributed by atoms with E-state index in [2.05, 4.69) is 5.32 Å². The molecule has 1 fully saturated rings. The lowest BCUT2D eigenvalue weighted by Gasteiger charge is -2.14. The number of amides is 1. The number of carbonyl (C=O) groups is 3.